The predicted molar refractivity (Wildman–Crippen MR) is 117 cm³/mol. The van der Waals surface area contributed by atoms with E-state index in [2.05, 4.69) is 10.0 Å². The van der Waals surface area contributed by atoms with Crippen molar-refractivity contribution in [3.63, 3.8) is 0 Å². The summed E-state index contributed by atoms with van der Waals surface area (Å²) < 4.78 is 37.8. The molecule has 0 bridgehead atoms. The summed E-state index contributed by atoms with van der Waals surface area (Å²) in [4.78, 5) is 12.3. The number of hydrogen-bond acceptors (Lipinski definition) is 6. The molecule has 0 saturated heterocycles. The number of sulfonamides is 1. The van der Waals surface area contributed by atoms with E-state index in [0.29, 0.717) is 23.7 Å². The number of carbonyl (C=O) groups excluding carboxylic acids is 1. The van der Waals surface area contributed by atoms with Crippen molar-refractivity contribution in [2.24, 2.45) is 0 Å². The Morgan fingerprint density at radius 2 is 1.80 bits per heavy atom. The summed E-state index contributed by atoms with van der Waals surface area (Å²) in [6.07, 6.45) is 0.177. The van der Waals surface area contributed by atoms with E-state index in [9.17, 15) is 13.2 Å². The average Bonchev–Trinajstić information content (AvgIpc) is 3.29. The highest BCUT2D eigenvalue weighted by Crippen LogP contribution is 2.24. The largest absolute Gasteiger partial charge is 0.497 e. The van der Waals surface area contributed by atoms with Crippen molar-refractivity contribution in [3.05, 3.63) is 71.1 Å². The highest BCUT2D eigenvalue weighted by molar-refractivity contribution is 7.94. The van der Waals surface area contributed by atoms with Gasteiger partial charge >= 0.3 is 0 Å². The molecule has 2 N–H and O–H groups in total. The van der Waals surface area contributed by atoms with E-state index in [4.69, 9.17) is 9.47 Å². The van der Waals surface area contributed by atoms with Gasteiger partial charge in [0.2, 0.25) is 5.91 Å². The molecule has 0 aliphatic heterocycles. The lowest BCUT2D eigenvalue weighted by molar-refractivity contribution is -0.120. The normalized spacial score (nSPS) is 11.0. The predicted octanol–water partition coefficient (Wildman–Crippen LogP) is 3.43. The Kier molecular flexibility index (Phi) is 6.96. The van der Waals surface area contributed by atoms with Crippen LogP contribution in [0.5, 0.6) is 11.5 Å². The topological polar surface area (TPSA) is 93.7 Å². The minimum atomic E-state index is -3.59. The second-order valence-corrected chi connectivity index (χ2v) is 9.22. The standard InChI is InChI=1S/C21H22N2O5S2/c1-27-18-10-7-16(19(13-18)28-2)14-22-20(24)12-15-5-8-17(9-6-15)23-30(25,26)21-4-3-11-29-21/h3-11,13,23H,12,14H2,1-2H3,(H,22,24). The van der Waals surface area contributed by atoms with Crippen molar-refractivity contribution in [1.29, 1.82) is 0 Å². The molecular weight excluding hydrogens is 424 g/mol. The molecule has 0 fully saturated rings. The second-order valence-electron chi connectivity index (χ2n) is 6.37. The zero-order chi connectivity index (χ0) is 21.6. The van der Waals surface area contributed by atoms with Gasteiger partial charge in [0.05, 0.1) is 20.6 Å². The van der Waals surface area contributed by atoms with Crippen LogP contribution in [0.2, 0.25) is 0 Å². The number of rotatable bonds is 9. The van der Waals surface area contributed by atoms with Crippen LogP contribution < -0.4 is 19.5 Å². The van der Waals surface area contributed by atoms with Crippen molar-refractivity contribution in [2.75, 3.05) is 18.9 Å². The van der Waals surface area contributed by atoms with Crippen LogP contribution in [0, 0.1) is 0 Å². The maximum absolute atomic E-state index is 12.3. The summed E-state index contributed by atoms with van der Waals surface area (Å²) in [6, 6.07) is 15.4. The van der Waals surface area contributed by atoms with Crippen molar-refractivity contribution in [3.8, 4) is 11.5 Å². The Labute approximate surface area is 179 Å². The Balaban J connectivity index is 1.56. The van der Waals surface area contributed by atoms with Gasteiger partial charge in [0.1, 0.15) is 15.7 Å². The highest BCUT2D eigenvalue weighted by Gasteiger charge is 2.15. The molecule has 2 aromatic carbocycles. The van der Waals surface area contributed by atoms with Crippen molar-refractivity contribution in [1.82, 2.24) is 5.32 Å². The van der Waals surface area contributed by atoms with Gasteiger partial charge in [-0.05, 0) is 41.3 Å². The summed E-state index contributed by atoms with van der Waals surface area (Å²) in [7, 11) is -0.447. The maximum Gasteiger partial charge on any atom is 0.271 e. The third-order valence-electron chi connectivity index (χ3n) is 4.30. The van der Waals surface area contributed by atoms with Crippen molar-refractivity contribution < 1.29 is 22.7 Å². The molecule has 0 unspecified atom stereocenters. The Bertz CT molecular complexity index is 1090. The zero-order valence-corrected chi connectivity index (χ0v) is 18.2. The molecule has 9 heteroatoms. The summed E-state index contributed by atoms with van der Waals surface area (Å²) >= 11 is 1.15. The first-order valence-electron chi connectivity index (χ1n) is 9.04. The Hall–Kier alpha value is -3.04. The number of amides is 1. The van der Waals surface area contributed by atoms with E-state index in [1.54, 1.807) is 68.1 Å². The molecule has 3 aromatic rings. The fourth-order valence-corrected chi connectivity index (χ4v) is 4.80. The molecule has 0 spiro atoms. The first-order chi connectivity index (χ1) is 14.4. The third-order valence-corrected chi connectivity index (χ3v) is 7.08. The molecule has 0 atom stereocenters. The first-order valence-corrected chi connectivity index (χ1v) is 11.4. The lowest BCUT2D eigenvalue weighted by atomic mass is 10.1. The minimum absolute atomic E-state index is 0.153. The Morgan fingerprint density at radius 3 is 2.43 bits per heavy atom. The van der Waals surface area contributed by atoms with Crippen LogP contribution in [0.4, 0.5) is 5.69 Å². The fraction of sp³-hybridized carbons (Fsp3) is 0.190. The smallest absolute Gasteiger partial charge is 0.271 e. The van der Waals surface area contributed by atoms with Gasteiger partial charge in [-0.15, -0.1) is 11.3 Å². The van der Waals surface area contributed by atoms with Gasteiger partial charge in [-0.25, -0.2) is 8.42 Å². The van der Waals surface area contributed by atoms with Gasteiger partial charge < -0.3 is 14.8 Å². The number of methoxy groups -OCH3 is 2. The number of carbonyl (C=O) groups is 1. The van der Waals surface area contributed by atoms with Crippen LogP contribution in [0.3, 0.4) is 0 Å². The highest BCUT2D eigenvalue weighted by atomic mass is 32.2. The quantitative estimate of drug-likeness (QED) is 0.525. The third kappa shape index (κ3) is 5.52. The lowest BCUT2D eigenvalue weighted by Gasteiger charge is -2.11. The Morgan fingerprint density at radius 1 is 1.03 bits per heavy atom. The monoisotopic (exact) mass is 446 g/mol. The number of thiophene rings is 1. The minimum Gasteiger partial charge on any atom is -0.497 e. The van der Waals surface area contributed by atoms with Crippen molar-refractivity contribution >= 4 is 33.0 Å². The number of benzene rings is 2. The van der Waals surface area contributed by atoms with Crippen LogP contribution in [-0.4, -0.2) is 28.5 Å². The van der Waals surface area contributed by atoms with E-state index in [0.717, 1.165) is 22.5 Å². The SMILES string of the molecule is COc1ccc(CNC(=O)Cc2ccc(NS(=O)(=O)c3cccs3)cc2)c(OC)c1. The van der Waals surface area contributed by atoms with Crippen LogP contribution >= 0.6 is 11.3 Å². The zero-order valence-electron chi connectivity index (χ0n) is 16.5. The second kappa shape index (κ2) is 9.64. The lowest BCUT2D eigenvalue weighted by Crippen LogP contribution is -2.24. The maximum atomic E-state index is 12.3. The van der Waals surface area contributed by atoms with Crippen LogP contribution in [0.15, 0.2) is 64.2 Å². The van der Waals surface area contributed by atoms with E-state index in [1.165, 1.54) is 0 Å². The van der Waals surface area contributed by atoms with Crippen LogP contribution in [-0.2, 0) is 27.8 Å². The van der Waals surface area contributed by atoms with Gasteiger partial charge in [-0.1, -0.05) is 18.2 Å². The average molecular weight is 447 g/mol. The summed E-state index contributed by atoms with van der Waals surface area (Å²) in [5, 5.41) is 4.57. The molecule has 1 amide bonds. The molecule has 0 saturated carbocycles. The van der Waals surface area contributed by atoms with Gasteiger partial charge in [0.15, 0.2) is 0 Å². The molecule has 7 nitrogen and oxygen atoms in total. The molecular formula is C21H22N2O5S2. The number of nitrogens with one attached hydrogen (secondary N) is 2. The fourth-order valence-electron chi connectivity index (χ4n) is 2.75. The van der Waals surface area contributed by atoms with Crippen LogP contribution in [0.1, 0.15) is 11.1 Å². The molecule has 1 heterocycles. The van der Waals surface area contributed by atoms with Crippen molar-refractivity contribution in [2.45, 2.75) is 17.2 Å². The van der Waals surface area contributed by atoms with Crippen LogP contribution in [0.25, 0.3) is 0 Å². The molecule has 158 valence electrons. The molecule has 0 aliphatic carbocycles. The molecule has 0 radical (unpaired) electrons. The summed E-state index contributed by atoms with van der Waals surface area (Å²) in [5.74, 6) is 1.16. The number of ether oxygens (including phenoxy) is 2. The molecule has 0 aliphatic rings. The van der Waals surface area contributed by atoms with Gasteiger partial charge in [0, 0.05) is 23.9 Å². The van der Waals surface area contributed by atoms with E-state index < -0.39 is 10.0 Å². The van der Waals surface area contributed by atoms with E-state index in [1.807, 2.05) is 6.07 Å². The van der Waals surface area contributed by atoms with E-state index >= 15 is 0 Å². The molecule has 1 aromatic heterocycles. The number of anilines is 1. The van der Waals surface area contributed by atoms with Gasteiger partial charge in [0.25, 0.3) is 10.0 Å². The first kappa shape index (κ1) is 21.7. The summed E-state index contributed by atoms with van der Waals surface area (Å²) in [6.45, 7) is 0.324. The molecule has 30 heavy (non-hydrogen) atoms. The van der Waals surface area contributed by atoms with Gasteiger partial charge in [-0.3, -0.25) is 9.52 Å². The summed E-state index contributed by atoms with van der Waals surface area (Å²) in [5.41, 5.74) is 2.05. The van der Waals surface area contributed by atoms with E-state index in [-0.39, 0.29) is 16.5 Å². The number of hydrogen-bond donors (Lipinski definition) is 2. The van der Waals surface area contributed by atoms with Gasteiger partial charge in [-0.2, -0.15) is 0 Å². The molecule has 3 rings (SSSR count).